The first-order valence-corrected chi connectivity index (χ1v) is 11.1. The lowest BCUT2D eigenvalue weighted by Crippen LogP contribution is -2.22. The number of carbonyl (C=O) groups is 3. The zero-order chi connectivity index (χ0) is 24.5. The number of hydrazone groups is 1. The lowest BCUT2D eigenvalue weighted by Gasteiger charge is -2.13. The molecule has 0 spiro atoms. The Morgan fingerprint density at radius 3 is 2.38 bits per heavy atom. The molecule has 0 bridgehead atoms. The summed E-state index contributed by atoms with van der Waals surface area (Å²) in [5, 5.41) is 11.4. The Morgan fingerprint density at radius 2 is 1.71 bits per heavy atom. The van der Waals surface area contributed by atoms with Gasteiger partial charge in [0, 0.05) is 17.6 Å². The summed E-state index contributed by atoms with van der Waals surface area (Å²) < 4.78 is 9.91. The second-order valence-corrected chi connectivity index (χ2v) is 7.25. The van der Waals surface area contributed by atoms with Crippen LogP contribution < -0.4 is 15.6 Å². The van der Waals surface area contributed by atoms with Gasteiger partial charge in [-0.3, -0.25) is 14.9 Å². The molecule has 34 heavy (non-hydrogen) atoms. The monoisotopic (exact) mass is 464 g/mol. The van der Waals surface area contributed by atoms with Crippen LogP contribution in [0.2, 0.25) is 0 Å². The normalized spacial score (nSPS) is 14.1. The molecule has 0 unspecified atom stereocenters. The van der Waals surface area contributed by atoms with Gasteiger partial charge in [-0.2, -0.15) is 10.1 Å². The van der Waals surface area contributed by atoms with E-state index in [0.29, 0.717) is 17.1 Å². The van der Waals surface area contributed by atoms with Crippen molar-refractivity contribution in [3.63, 3.8) is 0 Å². The number of amides is 2. The zero-order valence-corrected chi connectivity index (χ0v) is 19.5. The van der Waals surface area contributed by atoms with Gasteiger partial charge >= 0.3 is 12.1 Å². The summed E-state index contributed by atoms with van der Waals surface area (Å²) in [5.41, 5.74) is 3.53. The van der Waals surface area contributed by atoms with E-state index in [4.69, 9.17) is 9.47 Å². The zero-order valence-electron chi connectivity index (χ0n) is 19.5. The van der Waals surface area contributed by atoms with Crippen LogP contribution in [0.3, 0.4) is 0 Å². The molecule has 178 valence electrons. The molecule has 1 aliphatic heterocycles. The maximum absolute atomic E-state index is 13.2. The van der Waals surface area contributed by atoms with Gasteiger partial charge in [0.25, 0.3) is 5.91 Å². The molecule has 0 aromatic heterocycles. The lowest BCUT2D eigenvalue weighted by atomic mass is 10.1. The van der Waals surface area contributed by atoms with E-state index in [1.165, 1.54) is 5.01 Å². The minimum absolute atomic E-state index is 0.137. The van der Waals surface area contributed by atoms with E-state index in [2.05, 4.69) is 15.7 Å². The fourth-order valence-electron chi connectivity index (χ4n) is 3.35. The Balaban J connectivity index is 1.85. The molecule has 1 aliphatic rings. The third-order valence-electron chi connectivity index (χ3n) is 4.98. The van der Waals surface area contributed by atoms with E-state index in [-0.39, 0.29) is 31.1 Å². The Bertz CT molecular complexity index is 1110. The number of esters is 1. The number of ether oxygens (including phenoxy) is 2. The summed E-state index contributed by atoms with van der Waals surface area (Å²) in [4.78, 5) is 37.0. The molecule has 2 aromatic carbocycles. The Morgan fingerprint density at radius 1 is 1.00 bits per heavy atom. The van der Waals surface area contributed by atoms with Crippen molar-refractivity contribution < 1.29 is 23.9 Å². The number of anilines is 3. The topological polar surface area (TPSA) is 109 Å². The van der Waals surface area contributed by atoms with Crippen molar-refractivity contribution in [1.29, 1.82) is 0 Å². The molecular weight excluding hydrogens is 436 g/mol. The number of hydrogen-bond acceptors (Lipinski definition) is 7. The molecule has 0 atom stereocenters. The van der Waals surface area contributed by atoms with Crippen molar-refractivity contribution in [3.05, 3.63) is 65.9 Å². The number of carbonyl (C=O) groups excluding carboxylic acids is 3. The lowest BCUT2D eigenvalue weighted by molar-refractivity contribution is -0.141. The Labute approximate surface area is 198 Å². The third-order valence-corrected chi connectivity index (χ3v) is 4.98. The molecule has 0 aliphatic carbocycles. The highest BCUT2D eigenvalue weighted by atomic mass is 16.5. The van der Waals surface area contributed by atoms with Crippen LogP contribution >= 0.6 is 0 Å². The molecule has 0 saturated carbocycles. The molecule has 3 rings (SSSR count). The smallest absolute Gasteiger partial charge is 0.411 e. The molecule has 1 heterocycles. The van der Waals surface area contributed by atoms with Crippen LogP contribution in [0.1, 0.15) is 32.8 Å². The van der Waals surface area contributed by atoms with E-state index in [0.717, 1.165) is 17.7 Å². The molecule has 2 amide bonds. The second-order valence-electron chi connectivity index (χ2n) is 7.25. The van der Waals surface area contributed by atoms with E-state index in [1.807, 2.05) is 31.2 Å². The van der Waals surface area contributed by atoms with Gasteiger partial charge in [0.15, 0.2) is 0 Å². The number of aryl methyl sites for hydroxylation is 1. The van der Waals surface area contributed by atoms with E-state index < -0.39 is 12.1 Å². The molecule has 2 aromatic rings. The van der Waals surface area contributed by atoms with Gasteiger partial charge < -0.3 is 14.8 Å². The first kappa shape index (κ1) is 24.5. The quantitative estimate of drug-likeness (QED) is 0.419. The van der Waals surface area contributed by atoms with Crippen molar-refractivity contribution in [2.75, 3.05) is 28.9 Å². The number of nitrogens with zero attached hydrogens (tertiary/aromatic N) is 2. The first-order chi connectivity index (χ1) is 16.5. The van der Waals surface area contributed by atoms with Crippen LogP contribution in [0.4, 0.5) is 21.9 Å². The fraction of sp³-hybridized carbons (Fsp3) is 0.280. The summed E-state index contributed by atoms with van der Waals surface area (Å²) in [6.45, 7) is 5.98. The minimum atomic E-state index is -0.564. The molecule has 0 radical (unpaired) electrons. The fourth-order valence-corrected chi connectivity index (χ4v) is 3.35. The highest BCUT2D eigenvalue weighted by molar-refractivity contribution is 6.32. The molecule has 0 fully saturated rings. The van der Waals surface area contributed by atoms with E-state index >= 15 is 0 Å². The average molecular weight is 465 g/mol. The van der Waals surface area contributed by atoms with Gasteiger partial charge in [0.1, 0.15) is 0 Å². The van der Waals surface area contributed by atoms with E-state index in [1.54, 1.807) is 44.3 Å². The van der Waals surface area contributed by atoms with Crippen molar-refractivity contribution in [2.24, 2.45) is 5.10 Å². The number of benzene rings is 2. The van der Waals surface area contributed by atoms with Crippen molar-refractivity contribution in [1.82, 2.24) is 0 Å². The predicted molar refractivity (Wildman–Crippen MR) is 131 cm³/mol. The SMILES string of the molecule is CCOC(=O)CC1=NN(c2ccc(NC(=O)OCC)cc2)C(=O)/C1=C/Nc1ccccc1CC. The molecule has 9 heteroatoms. The van der Waals surface area contributed by atoms with Crippen LogP contribution in [0.15, 0.2) is 65.4 Å². The third kappa shape index (κ3) is 6.00. The summed E-state index contributed by atoms with van der Waals surface area (Å²) in [6, 6.07) is 14.3. The number of nitrogens with one attached hydrogen (secondary N) is 2. The Hall–Kier alpha value is -4.14. The summed E-state index contributed by atoms with van der Waals surface area (Å²) in [5.74, 6) is -0.850. The van der Waals surface area contributed by atoms with Gasteiger partial charge in [-0.05, 0) is 56.2 Å². The van der Waals surface area contributed by atoms with Gasteiger partial charge in [-0.15, -0.1) is 0 Å². The van der Waals surface area contributed by atoms with Crippen LogP contribution in [0.5, 0.6) is 0 Å². The van der Waals surface area contributed by atoms with Gasteiger partial charge in [0.2, 0.25) is 0 Å². The number of rotatable bonds is 9. The van der Waals surface area contributed by atoms with Crippen LogP contribution in [-0.4, -0.2) is 36.9 Å². The number of para-hydroxylation sites is 1. The van der Waals surface area contributed by atoms with Gasteiger partial charge in [-0.25, -0.2) is 4.79 Å². The van der Waals surface area contributed by atoms with Gasteiger partial charge in [0.05, 0.1) is 36.6 Å². The van der Waals surface area contributed by atoms with Crippen LogP contribution in [0.25, 0.3) is 0 Å². The highest BCUT2D eigenvalue weighted by Gasteiger charge is 2.32. The standard InChI is InChI=1S/C25H28N4O5/c1-4-17-9-7-8-10-21(17)26-16-20-22(15-23(30)33-5-2)28-29(24(20)31)19-13-11-18(12-14-19)27-25(32)34-6-3/h7-14,16,26H,4-6,15H2,1-3H3,(H,27,32)/b20-16+. The summed E-state index contributed by atoms with van der Waals surface area (Å²) in [7, 11) is 0. The summed E-state index contributed by atoms with van der Waals surface area (Å²) >= 11 is 0. The minimum Gasteiger partial charge on any atom is -0.466 e. The largest absolute Gasteiger partial charge is 0.466 e. The first-order valence-electron chi connectivity index (χ1n) is 11.1. The van der Waals surface area contributed by atoms with Crippen molar-refractivity contribution in [2.45, 2.75) is 33.6 Å². The van der Waals surface area contributed by atoms with Crippen molar-refractivity contribution >= 4 is 40.7 Å². The summed E-state index contributed by atoms with van der Waals surface area (Å²) in [6.07, 6.45) is 1.70. The molecular formula is C25H28N4O5. The van der Waals surface area contributed by atoms with E-state index in [9.17, 15) is 14.4 Å². The number of hydrogen-bond donors (Lipinski definition) is 2. The van der Waals surface area contributed by atoms with Crippen LogP contribution in [-0.2, 0) is 25.5 Å². The molecule has 2 N–H and O–H groups in total. The maximum atomic E-state index is 13.2. The predicted octanol–water partition coefficient (Wildman–Crippen LogP) is 4.47. The maximum Gasteiger partial charge on any atom is 0.411 e. The van der Waals surface area contributed by atoms with Crippen LogP contribution in [0, 0.1) is 0 Å². The van der Waals surface area contributed by atoms with Gasteiger partial charge in [-0.1, -0.05) is 25.1 Å². The second kappa shape index (κ2) is 11.6. The highest BCUT2D eigenvalue weighted by Crippen LogP contribution is 2.27. The Kier molecular flexibility index (Phi) is 8.39. The molecule has 9 nitrogen and oxygen atoms in total. The molecule has 0 saturated heterocycles. The average Bonchev–Trinajstić information content (AvgIpc) is 3.13. The van der Waals surface area contributed by atoms with Crippen molar-refractivity contribution in [3.8, 4) is 0 Å².